The minimum absolute atomic E-state index is 0.141. The normalized spacial score (nSPS) is 11.8. The lowest BCUT2D eigenvalue weighted by atomic mass is 9.82. The van der Waals surface area contributed by atoms with Gasteiger partial charge in [0.15, 0.2) is 0 Å². The number of hydrogen-bond donors (Lipinski definition) is 3. The maximum absolute atomic E-state index is 12.3. The lowest BCUT2D eigenvalue weighted by Gasteiger charge is -2.32. The fraction of sp³-hybridized carbons (Fsp3) is 0.273. The van der Waals surface area contributed by atoms with Gasteiger partial charge in [-0.25, -0.2) is 4.79 Å². The van der Waals surface area contributed by atoms with E-state index in [2.05, 4.69) is 42.6 Å². The number of benzene rings is 2. The molecule has 1 atom stereocenters. The lowest BCUT2D eigenvalue weighted by Crippen LogP contribution is -2.44. The molecular formula is C22H25N3O2. The maximum atomic E-state index is 12.3. The summed E-state index contributed by atoms with van der Waals surface area (Å²) in [6.45, 7) is 6.01. The maximum Gasteiger partial charge on any atom is 0.315 e. The van der Waals surface area contributed by atoms with Crippen molar-refractivity contribution in [2.45, 2.75) is 26.8 Å². The van der Waals surface area contributed by atoms with Crippen LogP contribution in [0.3, 0.4) is 0 Å². The summed E-state index contributed by atoms with van der Waals surface area (Å²) in [5, 5.41) is 8.27. The molecule has 3 N–H and O–H groups in total. The van der Waals surface area contributed by atoms with Gasteiger partial charge in [0.1, 0.15) is 0 Å². The minimum Gasteiger partial charge on any atom is -0.331 e. The second kappa shape index (κ2) is 8.91. The van der Waals surface area contributed by atoms with Gasteiger partial charge in [-0.3, -0.25) is 4.79 Å². The Kier molecular flexibility index (Phi) is 6.62. The first-order valence-electron chi connectivity index (χ1n) is 8.75. The molecule has 0 aliphatic heterocycles. The van der Waals surface area contributed by atoms with E-state index in [1.807, 2.05) is 30.3 Å². The van der Waals surface area contributed by atoms with Gasteiger partial charge < -0.3 is 16.0 Å². The van der Waals surface area contributed by atoms with Gasteiger partial charge in [-0.15, -0.1) is 6.42 Å². The monoisotopic (exact) mass is 363 g/mol. The molecule has 5 nitrogen and oxygen atoms in total. The van der Waals surface area contributed by atoms with Crippen molar-refractivity contribution in [2.75, 3.05) is 11.9 Å². The smallest absolute Gasteiger partial charge is 0.315 e. The Balaban J connectivity index is 1.92. The van der Waals surface area contributed by atoms with Gasteiger partial charge in [0.05, 0.1) is 12.6 Å². The molecule has 0 saturated carbocycles. The molecule has 0 radical (unpaired) electrons. The van der Waals surface area contributed by atoms with Crippen molar-refractivity contribution in [2.24, 2.45) is 5.41 Å². The Morgan fingerprint density at radius 1 is 1.07 bits per heavy atom. The molecule has 0 aliphatic carbocycles. The third-order valence-electron chi connectivity index (χ3n) is 4.00. The minimum atomic E-state index is -0.397. The van der Waals surface area contributed by atoms with Gasteiger partial charge in [-0.2, -0.15) is 0 Å². The SMILES string of the molecule is C#Cc1cccc(NC(=O)CNC(=O)NC(c2ccccc2)C(C)(C)C)c1. The zero-order chi connectivity index (χ0) is 19.9. The first-order chi connectivity index (χ1) is 12.8. The third kappa shape index (κ3) is 6.19. The molecule has 2 aromatic rings. The van der Waals surface area contributed by atoms with Crippen LogP contribution in [-0.4, -0.2) is 18.5 Å². The Bertz CT molecular complexity index is 833. The Morgan fingerprint density at radius 2 is 1.78 bits per heavy atom. The second-order valence-corrected chi connectivity index (χ2v) is 7.31. The quantitative estimate of drug-likeness (QED) is 0.709. The molecule has 2 rings (SSSR count). The summed E-state index contributed by atoms with van der Waals surface area (Å²) in [7, 11) is 0. The van der Waals surface area contributed by atoms with E-state index < -0.39 is 6.03 Å². The Hall–Kier alpha value is -3.26. The highest BCUT2D eigenvalue weighted by atomic mass is 16.2. The zero-order valence-electron chi connectivity index (χ0n) is 15.9. The van der Waals surface area contributed by atoms with Crippen molar-refractivity contribution < 1.29 is 9.59 Å². The fourth-order valence-electron chi connectivity index (χ4n) is 2.68. The van der Waals surface area contributed by atoms with E-state index in [9.17, 15) is 9.59 Å². The van der Waals surface area contributed by atoms with Gasteiger partial charge in [0.2, 0.25) is 5.91 Å². The van der Waals surface area contributed by atoms with Crippen LogP contribution < -0.4 is 16.0 Å². The highest BCUT2D eigenvalue weighted by molar-refractivity contribution is 5.94. The molecule has 27 heavy (non-hydrogen) atoms. The van der Waals surface area contributed by atoms with E-state index in [0.29, 0.717) is 11.3 Å². The van der Waals surface area contributed by atoms with Crippen molar-refractivity contribution >= 4 is 17.6 Å². The Morgan fingerprint density at radius 3 is 2.41 bits per heavy atom. The summed E-state index contributed by atoms with van der Waals surface area (Å²) in [5.41, 5.74) is 2.09. The van der Waals surface area contributed by atoms with E-state index >= 15 is 0 Å². The van der Waals surface area contributed by atoms with Crippen LogP contribution in [0.1, 0.15) is 37.9 Å². The zero-order valence-corrected chi connectivity index (χ0v) is 15.9. The number of anilines is 1. The molecule has 5 heteroatoms. The molecule has 0 aromatic heterocycles. The summed E-state index contributed by atoms with van der Waals surface area (Å²) >= 11 is 0. The second-order valence-electron chi connectivity index (χ2n) is 7.31. The number of nitrogens with one attached hydrogen (secondary N) is 3. The molecule has 0 heterocycles. The van der Waals surface area contributed by atoms with Crippen LogP contribution in [0.15, 0.2) is 54.6 Å². The van der Waals surface area contributed by atoms with Crippen LogP contribution >= 0.6 is 0 Å². The topological polar surface area (TPSA) is 70.2 Å². The van der Waals surface area contributed by atoms with Gasteiger partial charge in [0.25, 0.3) is 0 Å². The first-order valence-corrected chi connectivity index (χ1v) is 8.75. The Labute approximate surface area is 160 Å². The van der Waals surface area contributed by atoms with Crippen LogP contribution in [0.5, 0.6) is 0 Å². The number of urea groups is 1. The lowest BCUT2D eigenvalue weighted by molar-refractivity contribution is -0.115. The number of amides is 3. The summed E-state index contributed by atoms with van der Waals surface area (Å²) in [6.07, 6.45) is 5.35. The van der Waals surface area contributed by atoms with Crippen LogP contribution in [0, 0.1) is 17.8 Å². The van der Waals surface area contributed by atoms with E-state index in [4.69, 9.17) is 6.42 Å². The average Bonchev–Trinajstić information content (AvgIpc) is 2.64. The number of terminal acetylenes is 1. The van der Waals surface area contributed by atoms with Gasteiger partial charge in [-0.05, 0) is 29.2 Å². The number of hydrogen-bond acceptors (Lipinski definition) is 2. The van der Waals surface area contributed by atoms with Crippen molar-refractivity contribution in [1.82, 2.24) is 10.6 Å². The molecule has 0 saturated heterocycles. The predicted octanol–water partition coefficient (Wildman–Crippen LogP) is 3.69. The van der Waals surface area contributed by atoms with Crippen LogP contribution in [0.4, 0.5) is 10.5 Å². The highest BCUT2D eigenvalue weighted by Gasteiger charge is 2.27. The molecule has 2 aromatic carbocycles. The highest BCUT2D eigenvalue weighted by Crippen LogP contribution is 2.32. The van der Waals surface area contributed by atoms with E-state index in [1.54, 1.807) is 24.3 Å². The largest absolute Gasteiger partial charge is 0.331 e. The molecule has 0 bridgehead atoms. The van der Waals surface area contributed by atoms with Crippen LogP contribution in [0.2, 0.25) is 0 Å². The molecule has 1 unspecified atom stereocenters. The molecule has 0 aliphatic rings. The fourth-order valence-corrected chi connectivity index (χ4v) is 2.68. The summed E-state index contributed by atoms with van der Waals surface area (Å²) in [4.78, 5) is 24.4. The van der Waals surface area contributed by atoms with E-state index in [0.717, 1.165) is 5.56 Å². The molecule has 0 fully saturated rings. The molecule has 3 amide bonds. The van der Waals surface area contributed by atoms with Crippen molar-refractivity contribution in [1.29, 1.82) is 0 Å². The third-order valence-corrected chi connectivity index (χ3v) is 4.00. The van der Waals surface area contributed by atoms with Gasteiger partial charge in [-0.1, -0.05) is 63.1 Å². The molecule has 0 spiro atoms. The first kappa shape index (κ1) is 20.1. The van der Waals surface area contributed by atoms with E-state index in [1.165, 1.54) is 0 Å². The van der Waals surface area contributed by atoms with Crippen molar-refractivity contribution in [3.8, 4) is 12.3 Å². The summed E-state index contributed by atoms with van der Waals surface area (Å²) in [5.74, 6) is 2.18. The van der Waals surface area contributed by atoms with Gasteiger partial charge in [0, 0.05) is 11.3 Å². The van der Waals surface area contributed by atoms with Crippen molar-refractivity contribution in [3.05, 3.63) is 65.7 Å². The summed E-state index contributed by atoms with van der Waals surface area (Å²) in [6, 6.07) is 16.1. The van der Waals surface area contributed by atoms with E-state index in [-0.39, 0.29) is 23.9 Å². The molecule has 140 valence electrons. The van der Waals surface area contributed by atoms with Crippen LogP contribution in [-0.2, 0) is 4.79 Å². The van der Waals surface area contributed by atoms with Crippen molar-refractivity contribution in [3.63, 3.8) is 0 Å². The average molecular weight is 363 g/mol. The number of carbonyl (C=O) groups excluding carboxylic acids is 2. The summed E-state index contributed by atoms with van der Waals surface area (Å²) < 4.78 is 0. The number of carbonyl (C=O) groups is 2. The van der Waals surface area contributed by atoms with Crippen LogP contribution in [0.25, 0.3) is 0 Å². The number of rotatable bonds is 5. The van der Waals surface area contributed by atoms with Gasteiger partial charge >= 0.3 is 6.03 Å². The predicted molar refractivity (Wildman–Crippen MR) is 108 cm³/mol. The standard InChI is InChI=1S/C22H25N3O2/c1-5-16-10-9-13-18(14-16)24-19(26)15-23-21(27)25-20(22(2,3)4)17-11-7-6-8-12-17/h1,6-14,20H,15H2,2-4H3,(H,24,26)(H2,23,25,27). The molecular weight excluding hydrogens is 338 g/mol.